The van der Waals surface area contributed by atoms with Crippen molar-refractivity contribution in [3.05, 3.63) is 51.9 Å². The van der Waals surface area contributed by atoms with E-state index in [0.717, 1.165) is 16.8 Å². The van der Waals surface area contributed by atoms with Gasteiger partial charge in [-0.15, -0.1) is 0 Å². The first kappa shape index (κ1) is 11.9. The van der Waals surface area contributed by atoms with Crippen molar-refractivity contribution in [2.75, 3.05) is 5.32 Å². The van der Waals surface area contributed by atoms with Crippen LogP contribution in [0.25, 0.3) is 0 Å². The predicted octanol–water partition coefficient (Wildman–Crippen LogP) is 3.91. The van der Waals surface area contributed by atoms with Gasteiger partial charge in [-0.1, -0.05) is 12.1 Å². The van der Waals surface area contributed by atoms with Gasteiger partial charge >= 0.3 is 0 Å². The van der Waals surface area contributed by atoms with Gasteiger partial charge in [0, 0.05) is 5.69 Å². The van der Waals surface area contributed by atoms with E-state index in [2.05, 4.69) is 21.2 Å². The summed E-state index contributed by atoms with van der Waals surface area (Å²) in [7, 11) is 0. The van der Waals surface area contributed by atoms with E-state index in [1.165, 1.54) is 6.26 Å². The molecular weight excluding hydrogens is 282 g/mol. The molecule has 1 N–H and O–H groups in total. The molecule has 0 aliphatic carbocycles. The van der Waals surface area contributed by atoms with Crippen LogP contribution in [0.4, 0.5) is 5.69 Å². The van der Waals surface area contributed by atoms with E-state index in [0.29, 0.717) is 10.2 Å². The van der Waals surface area contributed by atoms with Gasteiger partial charge in [0.25, 0.3) is 5.91 Å². The third-order valence-corrected chi connectivity index (χ3v) is 3.33. The third-order valence-electron chi connectivity index (χ3n) is 2.72. The van der Waals surface area contributed by atoms with Crippen LogP contribution >= 0.6 is 15.9 Å². The molecule has 17 heavy (non-hydrogen) atoms. The highest BCUT2D eigenvalue weighted by Crippen LogP contribution is 2.22. The van der Waals surface area contributed by atoms with Crippen molar-refractivity contribution in [2.45, 2.75) is 13.8 Å². The summed E-state index contributed by atoms with van der Waals surface area (Å²) in [4.78, 5) is 12.0. The molecular formula is C13H12BrNO2. The molecule has 0 saturated heterocycles. The van der Waals surface area contributed by atoms with E-state index in [9.17, 15) is 4.79 Å². The van der Waals surface area contributed by atoms with Crippen molar-refractivity contribution in [1.82, 2.24) is 0 Å². The average Bonchev–Trinajstić information content (AvgIpc) is 2.71. The van der Waals surface area contributed by atoms with Crippen LogP contribution in [0.3, 0.4) is 0 Å². The second-order valence-electron chi connectivity index (χ2n) is 3.81. The van der Waals surface area contributed by atoms with Gasteiger partial charge in [-0.25, -0.2) is 0 Å². The van der Waals surface area contributed by atoms with Crippen LogP contribution in [-0.4, -0.2) is 5.91 Å². The second kappa shape index (κ2) is 4.75. The van der Waals surface area contributed by atoms with Gasteiger partial charge < -0.3 is 9.73 Å². The molecule has 0 saturated carbocycles. The van der Waals surface area contributed by atoms with E-state index >= 15 is 0 Å². The molecule has 0 aliphatic heterocycles. The van der Waals surface area contributed by atoms with E-state index < -0.39 is 0 Å². The summed E-state index contributed by atoms with van der Waals surface area (Å²) in [5.41, 5.74) is 3.53. The second-order valence-corrected chi connectivity index (χ2v) is 4.53. The highest BCUT2D eigenvalue weighted by molar-refractivity contribution is 9.10. The fraction of sp³-hybridized carbons (Fsp3) is 0.154. The van der Waals surface area contributed by atoms with E-state index in [1.807, 2.05) is 32.0 Å². The fourth-order valence-electron chi connectivity index (χ4n) is 1.53. The molecule has 2 rings (SSSR count). The van der Waals surface area contributed by atoms with Gasteiger partial charge in [0.1, 0.15) is 0 Å². The highest BCUT2D eigenvalue weighted by atomic mass is 79.9. The number of rotatable bonds is 2. The number of hydrogen-bond donors (Lipinski definition) is 1. The smallest absolute Gasteiger partial charge is 0.260 e. The fourth-order valence-corrected chi connectivity index (χ4v) is 1.95. The predicted molar refractivity (Wildman–Crippen MR) is 70.3 cm³/mol. The molecule has 1 amide bonds. The Bertz CT molecular complexity index is 560. The number of furan rings is 1. The zero-order chi connectivity index (χ0) is 12.4. The molecule has 0 bridgehead atoms. The molecule has 2 aromatic rings. The molecule has 0 atom stereocenters. The molecule has 88 valence electrons. The minimum absolute atomic E-state index is 0.181. The van der Waals surface area contributed by atoms with Crippen molar-refractivity contribution in [3.63, 3.8) is 0 Å². The topological polar surface area (TPSA) is 42.2 Å². The summed E-state index contributed by atoms with van der Waals surface area (Å²) in [6.45, 7) is 3.99. The number of benzene rings is 1. The van der Waals surface area contributed by atoms with Crippen molar-refractivity contribution in [1.29, 1.82) is 0 Å². The molecule has 1 heterocycles. The van der Waals surface area contributed by atoms with Gasteiger partial charge in [-0.05, 0) is 53.0 Å². The summed E-state index contributed by atoms with van der Waals surface area (Å²) in [5, 5.41) is 2.87. The summed E-state index contributed by atoms with van der Waals surface area (Å²) < 4.78 is 5.48. The lowest BCUT2D eigenvalue weighted by molar-refractivity contribution is 0.102. The lowest BCUT2D eigenvalue weighted by atomic mass is 10.1. The quantitative estimate of drug-likeness (QED) is 0.912. The Morgan fingerprint density at radius 3 is 2.71 bits per heavy atom. The van der Waals surface area contributed by atoms with Gasteiger partial charge in [-0.3, -0.25) is 4.79 Å². The lowest BCUT2D eigenvalue weighted by Gasteiger charge is -2.09. The summed E-state index contributed by atoms with van der Waals surface area (Å²) in [5.74, 6) is -0.181. The SMILES string of the molecule is Cc1cccc(NC(=O)c2ccoc2Br)c1C. The van der Waals surface area contributed by atoms with Crippen molar-refractivity contribution in [2.24, 2.45) is 0 Å². The summed E-state index contributed by atoms with van der Waals surface area (Å²) in [6, 6.07) is 7.44. The van der Waals surface area contributed by atoms with Crippen LogP contribution in [0.5, 0.6) is 0 Å². The number of carbonyl (C=O) groups excluding carboxylic acids is 1. The van der Waals surface area contributed by atoms with Gasteiger partial charge in [0.2, 0.25) is 0 Å². The summed E-state index contributed by atoms with van der Waals surface area (Å²) in [6.07, 6.45) is 1.47. The van der Waals surface area contributed by atoms with Crippen molar-refractivity contribution < 1.29 is 9.21 Å². The number of anilines is 1. The minimum Gasteiger partial charge on any atom is -0.457 e. The zero-order valence-corrected chi connectivity index (χ0v) is 11.2. The monoisotopic (exact) mass is 293 g/mol. The maximum absolute atomic E-state index is 12.0. The van der Waals surface area contributed by atoms with Crippen LogP contribution in [0.1, 0.15) is 21.5 Å². The number of amides is 1. The first-order valence-corrected chi connectivity index (χ1v) is 5.99. The van der Waals surface area contributed by atoms with Gasteiger partial charge in [0.05, 0.1) is 11.8 Å². The standard InChI is InChI=1S/C13H12BrNO2/c1-8-4-3-5-11(9(8)2)15-13(16)10-6-7-17-12(10)14/h3-7H,1-2H3,(H,15,16). The maximum Gasteiger partial charge on any atom is 0.260 e. The molecule has 0 spiro atoms. The van der Waals surface area contributed by atoms with Crippen LogP contribution in [0.2, 0.25) is 0 Å². The largest absolute Gasteiger partial charge is 0.457 e. The first-order chi connectivity index (χ1) is 8.09. The number of halogens is 1. The molecule has 0 aliphatic rings. The Hall–Kier alpha value is -1.55. The number of nitrogens with one attached hydrogen (secondary N) is 1. The molecule has 4 heteroatoms. The van der Waals surface area contributed by atoms with Crippen molar-refractivity contribution in [3.8, 4) is 0 Å². The normalized spacial score (nSPS) is 10.3. The Morgan fingerprint density at radius 1 is 1.29 bits per heavy atom. The maximum atomic E-state index is 12.0. The molecule has 1 aromatic carbocycles. The zero-order valence-electron chi connectivity index (χ0n) is 9.58. The Morgan fingerprint density at radius 2 is 2.06 bits per heavy atom. The minimum atomic E-state index is -0.181. The summed E-state index contributed by atoms with van der Waals surface area (Å²) >= 11 is 3.19. The van der Waals surface area contributed by atoms with E-state index in [-0.39, 0.29) is 5.91 Å². The van der Waals surface area contributed by atoms with Crippen LogP contribution in [-0.2, 0) is 0 Å². The third kappa shape index (κ3) is 2.42. The number of hydrogen-bond acceptors (Lipinski definition) is 2. The molecule has 3 nitrogen and oxygen atoms in total. The molecule has 0 radical (unpaired) electrons. The van der Waals surface area contributed by atoms with Crippen LogP contribution in [0.15, 0.2) is 39.6 Å². The number of carbonyl (C=O) groups is 1. The number of aryl methyl sites for hydroxylation is 1. The van der Waals surface area contributed by atoms with Crippen molar-refractivity contribution >= 4 is 27.5 Å². The Balaban J connectivity index is 2.25. The Kier molecular flexibility index (Phi) is 3.33. The average molecular weight is 294 g/mol. The molecule has 0 unspecified atom stereocenters. The van der Waals surface area contributed by atoms with Gasteiger partial charge in [-0.2, -0.15) is 0 Å². The van der Waals surface area contributed by atoms with Gasteiger partial charge in [0.15, 0.2) is 4.67 Å². The first-order valence-electron chi connectivity index (χ1n) is 5.20. The lowest BCUT2D eigenvalue weighted by Crippen LogP contribution is -2.12. The molecule has 1 aromatic heterocycles. The van der Waals surface area contributed by atoms with E-state index in [4.69, 9.17) is 4.42 Å². The Labute approximate surface area is 108 Å². The van der Waals surface area contributed by atoms with Crippen LogP contribution < -0.4 is 5.32 Å². The van der Waals surface area contributed by atoms with Crippen LogP contribution in [0, 0.1) is 13.8 Å². The highest BCUT2D eigenvalue weighted by Gasteiger charge is 2.13. The molecule has 0 fully saturated rings. The van der Waals surface area contributed by atoms with E-state index in [1.54, 1.807) is 6.07 Å².